The van der Waals surface area contributed by atoms with Crippen molar-refractivity contribution < 1.29 is 19.1 Å². The summed E-state index contributed by atoms with van der Waals surface area (Å²) in [6.45, 7) is 2.35. The molecule has 0 aliphatic carbocycles. The molecule has 0 aliphatic rings. The summed E-state index contributed by atoms with van der Waals surface area (Å²) in [5.41, 5.74) is 0.882. The van der Waals surface area contributed by atoms with Crippen molar-refractivity contribution in [2.45, 2.75) is 32.2 Å². The second kappa shape index (κ2) is 9.30. The average Bonchev–Trinajstić information content (AvgIpc) is 2.53. The van der Waals surface area contributed by atoms with Crippen LogP contribution in [0.5, 0.6) is 0 Å². The molecule has 22 heavy (non-hydrogen) atoms. The van der Waals surface area contributed by atoms with Crippen LogP contribution in [0.15, 0.2) is 24.3 Å². The van der Waals surface area contributed by atoms with Crippen molar-refractivity contribution in [3.8, 4) is 0 Å². The maximum absolute atomic E-state index is 12.0. The molecule has 0 heterocycles. The highest BCUT2D eigenvalue weighted by molar-refractivity contribution is 6.30. The minimum atomic E-state index is -0.736. The third kappa shape index (κ3) is 5.56. The quantitative estimate of drug-likeness (QED) is 0.569. The topological polar surface area (TPSA) is 55.8 Å². The second-order valence-electron chi connectivity index (χ2n) is 4.95. The Labute approximate surface area is 136 Å². The fourth-order valence-corrected chi connectivity index (χ4v) is 2.02. The zero-order chi connectivity index (χ0) is 16.5. The van der Waals surface area contributed by atoms with Gasteiger partial charge in [0.2, 0.25) is 0 Å². The fraction of sp³-hybridized carbons (Fsp3) is 0.500. The van der Waals surface area contributed by atoms with Gasteiger partial charge in [-0.2, -0.15) is 0 Å². The monoisotopic (exact) mass is 327 g/mol. The number of ether oxygens (including phenoxy) is 2. The van der Waals surface area contributed by atoms with Gasteiger partial charge in [-0.25, -0.2) is 9.59 Å². The van der Waals surface area contributed by atoms with Gasteiger partial charge >= 0.3 is 12.1 Å². The largest absolute Gasteiger partial charge is 0.467 e. The number of carbonyl (C=O) groups excluding carboxylic acids is 2. The van der Waals surface area contributed by atoms with Gasteiger partial charge in [0.15, 0.2) is 0 Å². The summed E-state index contributed by atoms with van der Waals surface area (Å²) in [6, 6.07) is 6.37. The molecule has 0 saturated carbocycles. The van der Waals surface area contributed by atoms with E-state index >= 15 is 0 Å². The van der Waals surface area contributed by atoms with E-state index in [0.29, 0.717) is 18.1 Å². The Morgan fingerprint density at radius 3 is 2.45 bits per heavy atom. The maximum atomic E-state index is 12.0. The molecule has 0 spiro atoms. The van der Waals surface area contributed by atoms with E-state index in [-0.39, 0.29) is 0 Å². The van der Waals surface area contributed by atoms with Crippen LogP contribution in [0, 0.1) is 0 Å². The molecule has 0 aliphatic heterocycles. The molecule has 122 valence electrons. The minimum absolute atomic E-state index is 0.337. The summed E-state index contributed by atoms with van der Waals surface area (Å²) in [5, 5.41) is 0.616. The van der Waals surface area contributed by atoms with Crippen LogP contribution in [-0.2, 0) is 20.7 Å². The van der Waals surface area contributed by atoms with Gasteiger partial charge in [-0.05, 0) is 24.1 Å². The average molecular weight is 328 g/mol. The number of likely N-dealkylation sites (N-methyl/N-ethyl adjacent to an activating group) is 1. The summed E-state index contributed by atoms with van der Waals surface area (Å²) in [5.74, 6) is -0.482. The van der Waals surface area contributed by atoms with E-state index in [1.807, 2.05) is 19.1 Å². The number of hydrogen-bond donors (Lipinski definition) is 0. The first-order valence-electron chi connectivity index (χ1n) is 7.21. The molecule has 0 N–H and O–H groups in total. The zero-order valence-corrected chi connectivity index (χ0v) is 13.9. The van der Waals surface area contributed by atoms with Gasteiger partial charge in [0.1, 0.15) is 6.04 Å². The van der Waals surface area contributed by atoms with Gasteiger partial charge in [-0.1, -0.05) is 37.1 Å². The Hall–Kier alpha value is -1.75. The van der Waals surface area contributed by atoms with E-state index in [4.69, 9.17) is 21.1 Å². The number of esters is 1. The molecular formula is C16H22ClNO4. The molecular weight excluding hydrogens is 306 g/mol. The van der Waals surface area contributed by atoms with Crippen LogP contribution in [0.1, 0.15) is 25.3 Å². The Bertz CT molecular complexity index is 489. The SMILES string of the molecule is CCCCOC(=O)N(C)[C@@H](Cc1ccc(Cl)cc1)C(=O)OC. The van der Waals surface area contributed by atoms with Crippen molar-refractivity contribution in [1.29, 1.82) is 0 Å². The zero-order valence-electron chi connectivity index (χ0n) is 13.2. The standard InChI is InChI=1S/C16H22ClNO4/c1-4-5-10-22-16(20)18(2)14(15(19)21-3)11-12-6-8-13(17)9-7-12/h6-9,14H,4-5,10-11H2,1-3H3/t14-/m0/s1. The van der Waals surface area contributed by atoms with Crippen molar-refractivity contribution in [3.05, 3.63) is 34.9 Å². The van der Waals surface area contributed by atoms with E-state index in [1.54, 1.807) is 12.1 Å². The molecule has 1 aromatic rings. The summed E-state index contributed by atoms with van der Waals surface area (Å²) in [7, 11) is 2.83. The lowest BCUT2D eigenvalue weighted by Crippen LogP contribution is -2.44. The minimum Gasteiger partial charge on any atom is -0.467 e. The number of rotatable bonds is 7. The smallest absolute Gasteiger partial charge is 0.410 e. The normalized spacial score (nSPS) is 11.6. The first-order chi connectivity index (χ1) is 10.5. The van der Waals surface area contributed by atoms with Gasteiger partial charge in [-0.3, -0.25) is 4.90 Å². The number of amides is 1. The van der Waals surface area contributed by atoms with Crippen molar-refractivity contribution in [2.75, 3.05) is 20.8 Å². The molecule has 0 unspecified atom stereocenters. The summed E-state index contributed by atoms with van der Waals surface area (Å²) < 4.78 is 9.93. The van der Waals surface area contributed by atoms with E-state index in [0.717, 1.165) is 18.4 Å². The van der Waals surface area contributed by atoms with Crippen LogP contribution in [0.25, 0.3) is 0 Å². The molecule has 1 amide bonds. The third-order valence-corrected chi connectivity index (χ3v) is 3.55. The van der Waals surface area contributed by atoms with Crippen LogP contribution in [0.2, 0.25) is 5.02 Å². The molecule has 0 fully saturated rings. The Kier molecular flexibility index (Phi) is 7.74. The Morgan fingerprint density at radius 2 is 1.91 bits per heavy atom. The number of hydrogen-bond acceptors (Lipinski definition) is 4. The lowest BCUT2D eigenvalue weighted by Gasteiger charge is -2.25. The van der Waals surface area contributed by atoms with Crippen LogP contribution in [-0.4, -0.2) is 43.8 Å². The predicted molar refractivity (Wildman–Crippen MR) is 85.0 cm³/mol. The Morgan fingerprint density at radius 1 is 1.27 bits per heavy atom. The van der Waals surface area contributed by atoms with E-state index in [1.165, 1.54) is 19.1 Å². The van der Waals surface area contributed by atoms with Crippen molar-refractivity contribution >= 4 is 23.7 Å². The molecule has 0 saturated heterocycles. The van der Waals surface area contributed by atoms with E-state index < -0.39 is 18.1 Å². The highest BCUT2D eigenvalue weighted by atomic mass is 35.5. The Balaban J connectivity index is 2.76. The second-order valence-corrected chi connectivity index (χ2v) is 5.38. The first kappa shape index (κ1) is 18.3. The van der Waals surface area contributed by atoms with Gasteiger partial charge in [0.05, 0.1) is 13.7 Å². The van der Waals surface area contributed by atoms with Gasteiger partial charge in [0, 0.05) is 18.5 Å². The molecule has 0 radical (unpaired) electrons. The number of benzene rings is 1. The number of unbranched alkanes of at least 4 members (excludes halogenated alkanes) is 1. The maximum Gasteiger partial charge on any atom is 0.410 e. The lowest BCUT2D eigenvalue weighted by atomic mass is 10.1. The molecule has 6 heteroatoms. The van der Waals surface area contributed by atoms with E-state index in [2.05, 4.69) is 0 Å². The van der Waals surface area contributed by atoms with Crippen LogP contribution in [0.4, 0.5) is 4.79 Å². The molecule has 1 atom stereocenters. The number of carbonyl (C=O) groups is 2. The van der Waals surface area contributed by atoms with Gasteiger partial charge in [0.25, 0.3) is 0 Å². The summed E-state index contributed by atoms with van der Waals surface area (Å²) in [4.78, 5) is 25.2. The molecule has 5 nitrogen and oxygen atoms in total. The molecule has 1 aromatic carbocycles. The predicted octanol–water partition coefficient (Wildman–Crippen LogP) is 3.29. The van der Waals surface area contributed by atoms with Crippen LogP contribution < -0.4 is 0 Å². The lowest BCUT2D eigenvalue weighted by molar-refractivity contribution is -0.145. The molecule has 0 bridgehead atoms. The number of halogens is 1. The van der Waals surface area contributed by atoms with Gasteiger partial charge < -0.3 is 9.47 Å². The van der Waals surface area contributed by atoms with Crippen LogP contribution in [0.3, 0.4) is 0 Å². The third-order valence-electron chi connectivity index (χ3n) is 3.29. The van der Waals surface area contributed by atoms with Gasteiger partial charge in [-0.15, -0.1) is 0 Å². The summed E-state index contributed by atoms with van der Waals surface area (Å²) in [6.07, 6.45) is 1.53. The van der Waals surface area contributed by atoms with Crippen molar-refractivity contribution in [1.82, 2.24) is 4.90 Å². The summed E-state index contributed by atoms with van der Waals surface area (Å²) >= 11 is 5.85. The number of nitrogens with zero attached hydrogens (tertiary/aromatic N) is 1. The first-order valence-corrected chi connectivity index (χ1v) is 7.59. The van der Waals surface area contributed by atoms with E-state index in [9.17, 15) is 9.59 Å². The highest BCUT2D eigenvalue weighted by Crippen LogP contribution is 2.14. The molecule has 1 rings (SSSR count). The molecule has 0 aromatic heterocycles. The fourth-order valence-electron chi connectivity index (χ4n) is 1.89. The van der Waals surface area contributed by atoms with Crippen molar-refractivity contribution in [3.63, 3.8) is 0 Å². The van der Waals surface area contributed by atoms with Crippen molar-refractivity contribution in [2.24, 2.45) is 0 Å². The highest BCUT2D eigenvalue weighted by Gasteiger charge is 2.29. The number of methoxy groups -OCH3 is 1. The van der Waals surface area contributed by atoms with Crippen LogP contribution >= 0.6 is 11.6 Å².